The molecule has 0 aliphatic heterocycles. The van der Waals surface area contributed by atoms with E-state index in [4.69, 9.17) is 0 Å². The maximum atomic E-state index is 11.9. The van der Waals surface area contributed by atoms with Crippen LogP contribution in [0.1, 0.15) is 22.5 Å². The molecule has 4 nitrogen and oxygen atoms in total. The number of carbonyl (C=O) groups is 1. The van der Waals surface area contributed by atoms with E-state index in [1.165, 1.54) is 0 Å². The van der Waals surface area contributed by atoms with Crippen LogP contribution in [-0.2, 0) is 0 Å². The third kappa shape index (κ3) is 4.26. The van der Waals surface area contributed by atoms with Gasteiger partial charge in [-0.3, -0.25) is 9.78 Å². The Balaban J connectivity index is 2.62. The van der Waals surface area contributed by atoms with Gasteiger partial charge >= 0.3 is 0 Å². The number of rotatable bonds is 6. The molecule has 2 N–H and O–H groups in total. The number of hydrogen-bond acceptors (Lipinski definition) is 4. The quantitative estimate of drug-likeness (QED) is 0.761. The van der Waals surface area contributed by atoms with E-state index in [2.05, 4.69) is 21.9 Å². The molecule has 0 spiro atoms. The Morgan fingerprint density at radius 1 is 1.53 bits per heavy atom. The van der Waals surface area contributed by atoms with E-state index < -0.39 is 0 Å². The average molecular weight is 253 g/mol. The predicted octanol–water partition coefficient (Wildman–Crippen LogP) is 1.91. The lowest BCUT2D eigenvalue weighted by Gasteiger charge is -2.09. The molecule has 0 radical (unpaired) electrons. The fraction of sp³-hybridized carbons (Fsp3) is 0.500. The van der Waals surface area contributed by atoms with Crippen LogP contribution in [0.4, 0.5) is 5.69 Å². The molecule has 0 aliphatic carbocycles. The second kappa shape index (κ2) is 7.17. The summed E-state index contributed by atoms with van der Waals surface area (Å²) >= 11 is 1.78. The second-order valence-corrected chi connectivity index (χ2v) is 4.71. The molecule has 0 atom stereocenters. The Bertz CT molecular complexity index is 382. The van der Waals surface area contributed by atoms with Gasteiger partial charge in [-0.1, -0.05) is 0 Å². The molecule has 1 aromatic rings. The van der Waals surface area contributed by atoms with E-state index >= 15 is 0 Å². The van der Waals surface area contributed by atoms with Crippen LogP contribution in [0.3, 0.4) is 0 Å². The molecule has 1 amide bonds. The number of thioether (sulfide) groups is 1. The van der Waals surface area contributed by atoms with Gasteiger partial charge in [-0.25, -0.2) is 0 Å². The first-order valence-electron chi connectivity index (χ1n) is 5.60. The highest BCUT2D eigenvalue weighted by Gasteiger charge is 2.10. The van der Waals surface area contributed by atoms with Gasteiger partial charge in [0, 0.05) is 25.5 Å². The van der Waals surface area contributed by atoms with Crippen molar-refractivity contribution >= 4 is 23.4 Å². The van der Waals surface area contributed by atoms with E-state index in [-0.39, 0.29) is 5.91 Å². The highest BCUT2D eigenvalue weighted by Crippen LogP contribution is 2.14. The number of amides is 1. The molecule has 1 aromatic heterocycles. The number of nitrogens with zero attached hydrogens (tertiary/aromatic N) is 1. The van der Waals surface area contributed by atoms with E-state index in [1.54, 1.807) is 25.0 Å². The molecule has 0 aliphatic rings. The lowest BCUT2D eigenvalue weighted by molar-refractivity contribution is 0.0954. The standard InChI is InChI=1S/C12H19N3OS/c1-9-7-11(13-2)10(8-15-9)12(16)14-5-4-6-17-3/h7-8H,4-6H2,1-3H3,(H,13,15)(H,14,16). The third-order valence-corrected chi connectivity index (χ3v) is 3.06. The minimum atomic E-state index is -0.0667. The summed E-state index contributed by atoms with van der Waals surface area (Å²) in [6.45, 7) is 2.61. The largest absolute Gasteiger partial charge is 0.387 e. The zero-order valence-electron chi connectivity index (χ0n) is 10.5. The van der Waals surface area contributed by atoms with Crippen LogP contribution < -0.4 is 10.6 Å². The summed E-state index contributed by atoms with van der Waals surface area (Å²) in [6.07, 6.45) is 4.66. The Morgan fingerprint density at radius 2 is 2.29 bits per heavy atom. The Kier molecular flexibility index (Phi) is 5.83. The number of hydrogen-bond donors (Lipinski definition) is 2. The number of anilines is 1. The molecule has 1 rings (SSSR count). The van der Waals surface area contributed by atoms with Gasteiger partial charge in [0.05, 0.1) is 11.3 Å². The number of carbonyl (C=O) groups excluding carboxylic acids is 1. The summed E-state index contributed by atoms with van der Waals surface area (Å²) in [5.41, 5.74) is 2.32. The van der Waals surface area contributed by atoms with Crippen LogP contribution in [0.2, 0.25) is 0 Å². The van der Waals surface area contributed by atoms with Crippen LogP contribution in [-0.4, -0.2) is 36.5 Å². The molecule has 94 valence electrons. The summed E-state index contributed by atoms with van der Waals surface area (Å²) in [5, 5.41) is 5.91. The van der Waals surface area contributed by atoms with E-state index in [0.717, 1.165) is 23.6 Å². The van der Waals surface area contributed by atoms with Crippen LogP contribution in [0.15, 0.2) is 12.3 Å². The van der Waals surface area contributed by atoms with Gasteiger partial charge in [0.15, 0.2) is 0 Å². The van der Waals surface area contributed by atoms with Gasteiger partial charge < -0.3 is 10.6 Å². The first-order chi connectivity index (χ1) is 8.19. The van der Waals surface area contributed by atoms with Crippen molar-refractivity contribution in [1.82, 2.24) is 10.3 Å². The van der Waals surface area contributed by atoms with Crippen molar-refractivity contribution in [1.29, 1.82) is 0 Å². The zero-order valence-corrected chi connectivity index (χ0v) is 11.4. The molecule has 1 heterocycles. The molecule has 17 heavy (non-hydrogen) atoms. The number of aromatic nitrogens is 1. The fourth-order valence-corrected chi connectivity index (χ4v) is 1.89. The van der Waals surface area contributed by atoms with Gasteiger partial charge in [0.2, 0.25) is 0 Å². The van der Waals surface area contributed by atoms with E-state index in [0.29, 0.717) is 12.1 Å². The molecule has 0 saturated carbocycles. The summed E-state index contributed by atoms with van der Waals surface area (Å²) in [5.74, 6) is 0.994. The van der Waals surface area contributed by atoms with Crippen LogP contribution >= 0.6 is 11.8 Å². The van der Waals surface area contributed by atoms with E-state index in [9.17, 15) is 4.79 Å². The highest BCUT2D eigenvalue weighted by molar-refractivity contribution is 7.98. The number of aryl methyl sites for hydroxylation is 1. The second-order valence-electron chi connectivity index (χ2n) is 3.72. The van der Waals surface area contributed by atoms with Crippen LogP contribution in [0, 0.1) is 6.92 Å². The maximum Gasteiger partial charge on any atom is 0.254 e. The lowest BCUT2D eigenvalue weighted by atomic mass is 10.2. The molecule has 0 saturated heterocycles. The first-order valence-corrected chi connectivity index (χ1v) is 7.00. The van der Waals surface area contributed by atoms with Crippen molar-refractivity contribution in [3.63, 3.8) is 0 Å². The van der Waals surface area contributed by atoms with Crippen molar-refractivity contribution < 1.29 is 4.79 Å². The molecule has 0 fully saturated rings. The topological polar surface area (TPSA) is 54.0 Å². The van der Waals surface area contributed by atoms with E-state index in [1.807, 2.05) is 13.0 Å². The number of nitrogens with one attached hydrogen (secondary N) is 2. The van der Waals surface area contributed by atoms with Gasteiger partial charge in [0.25, 0.3) is 5.91 Å². The van der Waals surface area contributed by atoms with Crippen molar-refractivity contribution in [3.8, 4) is 0 Å². The smallest absolute Gasteiger partial charge is 0.254 e. The van der Waals surface area contributed by atoms with Crippen molar-refractivity contribution in [2.75, 3.05) is 30.9 Å². The Labute approximate surface area is 107 Å². The van der Waals surface area contributed by atoms with Gasteiger partial charge in [-0.15, -0.1) is 0 Å². The molecule has 0 bridgehead atoms. The monoisotopic (exact) mass is 253 g/mol. The van der Waals surface area contributed by atoms with Crippen molar-refractivity contribution in [2.45, 2.75) is 13.3 Å². The number of pyridine rings is 1. The van der Waals surface area contributed by atoms with Crippen molar-refractivity contribution in [2.24, 2.45) is 0 Å². The van der Waals surface area contributed by atoms with Crippen LogP contribution in [0.25, 0.3) is 0 Å². The minimum Gasteiger partial charge on any atom is -0.387 e. The van der Waals surface area contributed by atoms with Gasteiger partial charge in [-0.05, 0) is 31.4 Å². The SMILES string of the molecule is CNc1cc(C)ncc1C(=O)NCCCSC. The summed E-state index contributed by atoms with van der Waals surface area (Å²) in [4.78, 5) is 16.0. The summed E-state index contributed by atoms with van der Waals surface area (Å²) < 4.78 is 0. The first kappa shape index (κ1) is 13.8. The summed E-state index contributed by atoms with van der Waals surface area (Å²) in [6, 6.07) is 1.87. The Morgan fingerprint density at radius 3 is 2.94 bits per heavy atom. The predicted molar refractivity (Wildman–Crippen MR) is 73.9 cm³/mol. The third-order valence-electron chi connectivity index (χ3n) is 2.37. The maximum absolute atomic E-state index is 11.9. The molecule has 0 unspecified atom stereocenters. The molecular formula is C12H19N3OS. The van der Waals surface area contributed by atoms with Gasteiger partial charge in [0.1, 0.15) is 0 Å². The normalized spacial score (nSPS) is 10.1. The average Bonchev–Trinajstić information content (AvgIpc) is 2.34. The molecule has 0 aromatic carbocycles. The Hall–Kier alpha value is -1.23. The fourth-order valence-electron chi connectivity index (χ4n) is 1.46. The minimum absolute atomic E-state index is 0.0667. The highest BCUT2D eigenvalue weighted by atomic mass is 32.2. The lowest BCUT2D eigenvalue weighted by Crippen LogP contribution is -2.25. The summed E-state index contributed by atoms with van der Waals surface area (Å²) in [7, 11) is 1.80. The molecular weight excluding hydrogens is 234 g/mol. The van der Waals surface area contributed by atoms with Gasteiger partial charge in [-0.2, -0.15) is 11.8 Å². The molecule has 5 heteroatoms. The van der Waals surface area contributed by atoms with Crippen molar-refractivity contribution in [3.05, 3.63) is 23.5 Å². The van der Waals surface area contributed by atoms with Crippen LogP contribution in [0.5, 0.6) is 0 Å². The zero-order chi connectivity index (χ0) is 12.7.